The monoisotopic (exact) mass is 217 g/mol. The lowest BCUT2D eigenvalue weighted by Gasteiger charge is -2.21. The van der Waals surface area contributed by atoms with Gasteiger partial charge in [0.15, 0.2) is 5.82 Å². The summed E-state index contributed by atoms with van der Waals surface area (Å²) in [5, 5.41) is 4.48. The van der Waals surface area contributed by atoms with Gasteiger partial charge in [-0.25, -0.2) is 4.52 Å². The van der Waals surface area contributed by atoms with E-state index in [0.29, 0.717) is 11.9 Å². The number of nitrogens with zero attached hydrogens (tertiary/aromatic N) is 4. The first-order valence-electron chi connectivity index (χ1n) is 5.63. The van der Waals surface area contributed by atoms with Gasteiger partial charge in [0.25, 0.3) is 0 Å². The highest BCUT2D eigenvalue weighted by atomic mass is 15.4. The van der Waals surface area contributed by atoms with Gasteiger partial charge >= 0.3 is 0 Å². The Morgan fingerprint density at radius 1 is 1.50 bits per heavy atom. The maximum Gasteiger partial charge on any atom is 0.245 e. The van der Waals surface area contributed by atoms with Gasteiger partial charge in [0.2, 0.25) is 5.95 Å². The maximum atomic E-state index is 5.92. The van der Waals surface area contributed by atoms with E-state index in [9.17, 15) is 0 Å². The molecule has 16 heavy (non-hydrogen) atoms. The Hall–Kier alpha value is -1.78. The number of anilines is 2. The van der Waals surface area contributed by atoms with Crippen molar-refractivity contribution in [2.45, 2.75) is 25.8 Å². The van der Waals surface area contributed by atoms with Gasteiger partial charge in [0.1, 0.15) is 5.52 Å². The third-order valence-electron chi connectivity index (χ3n) is 3.22. The van der Waals surface area contributed by atoms with Crippen LogP contribution in [0.5, 0.6) is 0 Å². The molecule has 2 N–H and O–H groups in total. The first kappa shape index (κ1) is 9.45. The zero-order chi connectivity index (χ0) is 11.1. The summed E-state index contributed by atoms with van der Waals surface area (Å²) >= 11 is 0. The number of hydrogen-bond donors (Lipinski definition) is 1. The van der Waals surface area contributed by atoms with E-state index in [4.69, 9.17) is 5.73 Å². The van der Waals surface area contributed by atoms with Gasteiger partial charge in [-0.05, 0) is 31.9 Å². The van der Waals surface area contributed by atoms with Crippen LogP contribution < -0.4 is 10.6 Å². The lowest BCUT2D eigenvalue weighted by molar-refractivity contribution is 0.704. The highest BCUT2D eigenvalue weighted by Crippen LogP contribution is 2.23. The number of nitrogens with two attached hydrogens (primary N) is 1. The highest BCUT2D eigenvalue weighted by Gasteiger charge is 2.23. The Labute approximate surface area is 93.9 Å². The van der Waals surface area contributed by atoms with E-state index >= 15 is 0 Å². The lowest BCUT2D eigenvalue weighted by Crippen LogP contribution is -2.29. The molecule has 0 amide bonds. The Kier molecular flexibility index (Phi) is 1.99. The van der Waals surface area contributed by atoms with Crippen molar-refractivity contribution < 1.29 is 0 Å². The number of rotatable bonds is 1. The van der Waals surface area contributed by atoms with Crippen LogP contribution in [0.2, 0.25) is 0 Å². The van der Waals surface area contributed by atoms with Gasteiger partial charge in [-0.15, -0.1) is 5.10 Å². The molecule has 0 radical (unpaired) electrons. The van der Waals surface area contributed by atoms with Crippen molar-refractivity contribution in [1.29, 1.82) is 0 Å². The summed E-state index contributed by atoms with van der Waals surface area (Å²) in [6.45, 7) is 3.22. The van der Waals surface area contributed by atoms with Gasteiger partial charge in [-0.2, -0.15) is 4.98 Å². The van der Waals surface area contributed by atoms with Crippen molar-refractivity contribution in [3.63, 3.8) is 0 Å². The van der Waals surface area contributed by atoms with E-state index in [0.717, 1.165) is 18.0 Å². The van der Waals surface area contributed by atoms with Crippen molar-refractivity contribution in [3.05, 3.63) is 18.3 Å². The molecule has 0 aromatic carbocycles. The SMILES string of the molecule is C[C@H]1CCCN1c1nc(N)c2cccn2n1. The molecule has 2 aromatic heterocycles. The summed E-state index contributed by atoms with van der Waals surface area (Å²) in [6, 6.07) is 4.36. The van der Waals surface area contributed by atoms with E-state index in [1.807, 2.05) is 18.3 Å². The molecule has 1 saturated heterocycles. The van der Waals surface area contributed by atoms with Crippen molar-refractivity contribution >= 4 is 17.3 Å². The van der Waals surface area contributed by atoms with Crippen LogP contribution in [0.1, 0.15) is 19.8 Å². The van der Waals surface area contributed by atoms with Crippen molar-refractivity contribution in [3.8, 4) is 0 Å². The second-order valence-electron chi connectivity index (χ2n) is 4.32. The summed E-state index contributed by atoms with van der Waals surface area (Å²) < 4.78 is 1.79. The Bertz CT molecular complexity index is 518. The molecule has 1 fully saturated rings. The Balaban J connectivity index is 2.10. The average Bonchev–Trinajstić information content (AvgIpc) is 2.85. The van der Waals surface area contributed by atoms with Gasteiger partial charge in [0, 0.05) is 18.8 Å². The predicted molar refractivity (Wildman–Crippen MR) is 63.4 cm³/mol. The molecule has 0 aliphatic carbocycles. The number of fused-ring (bicyclic) bond motifs is 1. The molecular weight excluding hydrogens is 202 g/mol. The van der Waals surface area contributed by atoms with E-state index in [-0.39, 0.29) is 0 Å². The van der Waals surface area contributed by atoms with Gasteiger partial charge in [0.05, 0.1) is 0 Å². The number of aromatic nitrogens is 3. The van der Waals surface area contributed by atoms with E-state index in [1.165, 1.54) is 12.8 Å². The zero-order valence-corrected chi connectivity index (χ0v) is 9.30. The number of hydrogen-bond acceptors (Lipinski definition) is 4. The smallest absolute Gasteiger partial charge is 0.245 e. The quantitative estimate of drug-likeness (QED) is 0.782. The minimum Gasteiger partial charge on any atom is -0.382 e. The molecule has 2 aromatic rings. The third-order valence-corrected chi connectivity index (χ3v) is 3.22. The summed E-state index contributed by atoms with van der Waals surface area (Å²) in [5.74, 6) is 1.29. The molecule has 3 rings (SSSR count). The van der Waals surface area contributed by atoms with Crippen LogP contribution in [0.3, 0.4) is 0 Å². The fraction of sp³-hybridized carbons (Fsp3) is 0.455. The molecule has 84 valence electrons. The summed E-state index contributed by atoms with van der Waals surface area (Å²) in [5.41, 5.74) is 6.79. The van der Waals surface area contributed by atoms with Crippen molar-refractivity contribution in [2.24, 2.45) is 0 Å². The second kappa shape index (κ2) is 3.37. The minimum atomic E-state index is 0.507. The molecule has 1 atom stereocenters. The minimum absolute atomic E-state index is 0.507. The largest absolute Gasteiger partial charge is 0.382 e. The van der Waals surface area contributed by atoms with E-state index in [1.54, 1.807) is 4.52 Å². The van der Waals surface area contributed by atoms with Crippen molar-refractivity contribution in [2.75, 3.05) is 17.2 Å². The number of nitrogen functional groups attached to an aromatic ring is 1. The summed E-state index contributed by atoms with van der Waals surface area (Å²) in [6.07, 6.45) is 4.30. The van der Waals surface area contributed by atoms with Crippen LogP contribution in [0.4, 0.5) is 11.8 Å². The summed E-state index contributed by atoms with van der Waals surface area (Å²) in [4.78, 5) is 6.60. The van der Waals surface area contributed by atoms with Crippen LogP contribution in [-0.4, -0.2) is 27.2 Å². The van der Waals surface area contributed by atoms with Crippen LogP contribution >= 0.6 is 0 Å². The van der Waals surface area contributed by atoms with Gasteiger partial charge in [-0.1, -0.05) is 0 Å². The molecule has 1 aliphatic heterocycles. The molecule has 1 aliphatic rings. The van der Waals surface area contributed by atoms with Crippen molar-refractivity contribution in [1.82, 2.24) is 14.6 Å². The van der Waals surface area contributed by atoms with Crippen LogP contribution in [0.15, 0.2) is 18.3 Å². The fourth-order valence-electron chi connectivity index (χ4n) is 2.30. The van der Waals surface area contributed by atoms with Crippen LogP contribution in [-0.2, 0) is 0 Å². The van der Waals surface area contributed by atoms with E-state index < -0.39 is 0 Å². The average molecular weight is 217 g/mol. The maximum absolute atomic E-state index is 5.92. The lowest BCUT2D eigenvalue weighted by atomic mass is 10.2. The van der Waals surface area contributed by atoms with Gasteiger partial charge in [-0.3, -0.25) is 0 Å². The second-order valence-corrected chi connectivity index (χ2v) is 4.32. The zero-order valence-electron chi connectivity index (χ0n) is 9.30. The van der Waals surface area contributed by atoms with E-state index in [2.05, 4.69) is 21.9 Å². The Morgan fingerprint density at radius 3 is 3.12 bits per heavy atom. The standard InChI is InChI=1S/C11H15N5/c1-8-4-2-6-15(8)11-13-10(12)9-5-3-7-16(9)14-11/h3,5,7-8H,2,4,6H2,1H3,(H2,12,13,14)/t8-/m0/s1. The summed E-state index contributed by atoms with van der Waals surface area (Å²) in [7, 11) is 0. The first-order chi connectivity index (χ1) is 7.75. The third kappa shape index (κ3) is 1.31. The topological polar surface area (TPSA) is 59.5 Å². The van der Waals surface area contributed by atoms with Crippen LogP contribution in [0, 0.1) is 0 Å². The normalized spacial score (nSPS) is 20.8. The molecule has 0 bridgehead atoms. The molecule has 3 heterocycles. The van der Waals surface area contributed by atoms with Gasteiger partial charge < -0.3 is 10.6 Å². The van der Waals surface area contributed by atoms with Crippen LogP contribution in [0.25, 0.3) is 5.52 Å². The molecule has 0 unspecified atom stereocenters. The molecule has 0 spiro atoms. The highest BCUT2D eigenvalue weighted by molar-refractivity contribution is 5.66. The Morgan fingerprint density at radius 2 is 2.38 bits per heavy atom. The molecule has 5 heteroatoms. The molecule has 5 nitrogen and oxygen atoms in total. The molecule has 0 saturated carbocycles. The predicted octanol–water partition coefficient (Wildman–Crippen LogP) is 1.30. The first-order valence-corrected chi connectivity index (χ1v) is 5.63. The molecular formula is C11H15N5. The fourth-order valence-corrected chi connectivity index (χ4v) is 2.30.